The van der Waals surface area contributed by atoms with Gasteiger partial charge < -0.3 is 18.0 Å². The van der Waals surface area contributed by atoms with Crippen LogP contribution in [0.1, 0.15) is 18.4 Å². The molecule has 0 saturated carbocycles. The SMILES string of the molecule is C=C/C=C(\C(c1cc(-n2c3ccccc3c3c4oc5ccccc5c4ccc32)ccc1-c1nc(-c2ccccc2)nc(-c2ccccc2)n1)C(C)C#N)n1c2ccccc2c2c3oc4ccccc4c3ccc21. The van der Waals surface area contributed by atoms with Crippen LogP contribution in [0.3, 0.4) is 0 Å². The summed E-state index contributed by atoms with van der Waals surface area (Å²) in [6.45, 7) is 6.31. The lowest BCUT2D eigenvalue weighted by Gasteiger charge is -2.28. The van der Waals surface area contributed by atoms with Crippen molar-refractivity contribution in [2.45, 2.75) is 12.8 Å². The molecule has 0 amide bonds. The number of para-hydroxylation sites is 4. The van der Waals surface area contributed by atoms with Crippen LogP contribution in [0.2, 0.25) is 0 Å². The predicted molar refractivity (Wildman–Crippen MR) is 296 cm³/mol. The van der Waals surface area contributed by atoms with Crippen LogP contribution in [0.4, 0.5) is 0 Å². The Balaban J connectivity index is 1.08. The van der Waals surface area contributed by atoms with Gasteiger partial charge in [0.1, 0.15) is 22.3 Å². The molecule has 0 aliphatic carbocycles. The van der Waals surface area contributed by atoms with Crippen molar-refractivity contribution in [2.24, 2.45) is 5.92 Å². The van der Waals surface area contributed by atoms with Gasteiger partial charge in [-0.25, -0.2) is 15.0 Å². The Kier molecular flexibility index (Phi) is 9.60. The van der Waals surface area contributed by atoms with Gasteiger partial charge in [-0.3, -0.25) is 0 Å². The molecular formula is C65H42N6O2. The second-order valence-corrected chi connectivity index (χ2v) is 18.6. The fourth-order valence-electron chi connectivity index (χ4n) is 11.3. The number of rotatable bonds is 9. The van der Waals surface area contributed by atoms with Crippen LogP contribution in [0, 0.1) is 17.2 Å². The van der Waals surface area contributed by atoms with Crippen molar-refractivity contribution in [1.29, 1.82) is 5.26 Å². The Labute approximate surface area is 418 Å². The molecule has 8 heteroatoms. The van der Waals surface area contributed by atoms with Gasteiger partial charge in [0, 0.05) is 66.3 Å². The van der Waals surface area contributed by atoms with E-state index in [0.29, 0.717) is 17.5 Å². The topological polar surface area (TPSA) is 98.6 Å². The number of hydrogen-bond acceptors (Lipinski definition) is 6. The molecule has 0 spiro atoms. The molecule has 0 aliphatic heterocycles. The number of aromatic nitrogens is 5. The molecule has 5 aromatic heterocycles. The van der Waals surface area contributed by atoms with Crippen molar-refractivity contribution in [2.75, 3.05) is 0 Å². The number of benzene rings is 9. The Bertz CT molecular complexity index is 4570. The standard InChI is InChI=1S/C65H42N6O2/c1-3-18-53(71-52-28-15-11-26-49(52)60-55(71)36-34-46-44-24-13-17-30-57(44)73-62(46)60)58(39(2)38-66)50-37-42(31-32-47(50)65-68-63(40-19-6-4-7-20-40)67-64(69-65)41-21-8-5-9-22-41)70-51-27-14-10-25-48(51)59-54(70)35-33-45-43-23-12-16-29-56(43)72-61(45)59/h3-37,39,58H,1H2,2H3/b53-18+. The fraction of sp³-hybridized carbons (Fsp3) is 0.0462. The van der Waals surface area contributed by atoms with Crippen molar-refractivity contribution in [3.05, 3.63) is 224 Å². The number of furan rings is 2. The number of allylic oxidation sites excluding steroid dienone is 3. The third-order valence-corrected chi connectivity index (χ3v) is 14.5. The Morgan fingerprint density at radius 1 is 0.521 bits per heavy atom. The third kappa shape index (κ3) is 6.49. The molecule has 9 aromatic carbocycles. The Morgan fingerprint density at radius 2 is 1.03 bits per heavy atom. The minimum Gasteiger partial charge on any atom is -0.455 e. The molecule has 0 N–H and O–H groups in total. The lowest BCUT2D eigenvalue weighted by atomic mass is 9.81. The van der Waals surface area contributed by atoms with Gasteiger partial charge >= 0.3 is 0 Å². The zero-order chi connectivity index (χ0) is 48.7. The van der Waals surface area contributed by atoms with Gasteiger partial charge in [-0.05, 0) is 85.3 Å². The van der Waals surface area contributed by atoms with Crippen LogP contribution in [-0.4, -0.2) is 24.1 Å². The average Bonchev–Trinajstić information content (AvgIpc) is 4.21. The van der Waals surface area contributed by atoms with E-state index in [2.05, 4.69) is 137 Å². The molecular weight excluding hydrogens is 897 g/mol. The monoisotopic (exact) mass is 938 g/mol. The normalized spacial score (nSPS) is 13.0. The van der Waals surface area contributed by atoms with Gasteiger partial charge in [-0.1, -0.05) is 146 Å². The average molecular weight is 939 g/mol. The summed E-state index contributed by atoms with van der Waals surface area (Å²) in [5, 5.41) is 19.8. The summed E-state index contributed by atoms with van der Waals surface area (Å²) in [6, 6.07) is 71.3. The largest absolute Gasteiger partial charge is 0.455 e. The van der Waals surface area contributed by atoms with Gasteiger partial charge in [0.25, 0.3) is 0 Å². The molecule has 0 aliphatic rings. The van der Waals surface area contributed by atoms with E-state index >= 15 is 0 Å². The lowest BCUT2D eigenvalue weighted by molar-refractivity contribution is 0.652. The molecule has 0 saturated heterocycles. The van der Waals surface area contributed by atoms with E-state index in [4.69, 9.17) is 23.8 Å². The molecule has 344 valence electrons. The predicted octanol–water partition coefficient (Wildman–Crippen LogP) is 16.8. The first kappa shape index (κ1) is 42.1. The summed E-state index contributed by atoms with van der Waals surface area (Å²) < 4.78 is 18.1. The molecule has 0 bridgehead atoms. The molecule has 2 atom stereocenters. The van der Waals surface area contributed by atoms with E-state index in [-0.39, 0.29) is 0 Å². The first-order valence-electron chi connectivity index (χ1n) is 24.5. The molecule has 73 heavy (non-hydrogen) atoms. The minimum atomic E-state index is -0.580. The smallest absolute Gasteiger partial charge is 0.164 e. The van der Waals surface area contributed by atoms with E-state index in [9.17, 15) is 5.26 Å². The van der Waals surface area contributed by atoms with E-state index < -0.39 is 11.8 Å². The van der Waals surface area contributed by atoms with Crippen molar-refractivity contribution in [1.82, 2.24) is 24.1 Å². The summed E-state index contributed by atoms with van der Waals surface area (Å²) in [5.74, 6) is 0.417. The number of nitrogens with zero attached hydrogens (tertiary/aromatic N) is 6. The van der Waals surface area contributed by atoms with Crippen molar-refractivity contribution in [3.63, 3.8) is 0 Å². The van der Waals surface area contributed by atoms with Crippen LogP contribution < -0.4 is 0 Å². The van der Waals surface area contributed by atoms with E-state index in [0.717, 1.165) is 121 Å². The van der Waals surface area contributed by atoms with Gasteiger partial charge in [-0.2, -0.15) is 5.26 Å². The van der Waals surface area contributed by atoms with Crippen LogP contribution in [0.5, 0.6) is 0 Å². The van der Waals surface area contributed by atoms with Crippen molar-refractivity contribution >= 4 is 93.2 Å². The fourth-order valence-corrected chi connectivity index (χ4v) is 11.3. The van der Waals surface area contributed by atoms with E-state index in [1.54, 1.807) is 0 Å². The van der Waals surface area contributed by atoms with Gasteiger partial charge in [-0.15, -0.1) is 0 Å². The highest BCUT2D eigenvalue weighted by atomic mass is 16.3. The first-order valence-corrected chi connectivity index (χ1v) is 24.5. The van der Waals surface area contributed by atoms with Crippen LogP contribution in [0.15, 0.2) is 228 Å². The highest BCUT2D eigenvalue weighted by Crippen LogP contribution is 2.48. The summed E-state index contributed by atoms with van der Waals surface area (Å²) in [6.07, 6.45) is 3.88. The summed E-state index contributed by atoms with van der Waals surface area (Å²) in [4.78, 5) is 15.7. The lowest BCUT2D eigenvalue weighted by Crippen LogP contribution is -2.17. The first-order chi connectivity index (χ1) is 36.1. The maximum absolute atomic E-state index is 11.4. The Morgan fingerprint density at radius 3 is 1.63 bits per heavy atom. The van der Waals surface area contributed by atoms with Gasteiger partial charge in [0.05, 0.1) is 44.8 Å². The number of hydrogen-bond donors (Lipinski definition) is 0. The maximum atomic E-state index is 11.4. The molecule has 0 radical (unpaired) electrons. The zero-order valence-electron chi connectivity index (χ0n) is 39.6. The molecule has 14 rings (SSSR count). The van der Waals surface area contributed by atoms with Crippen LogP contribution in [0.25, 0.3) is 133 Å². The molecule has 0 fully saturated rings. The molecule has 14 aromatic rings. The second-order valence-electron chi connectivity index (χ2n) is 18.6. The molecule has 5 heterocycles. The van der Waals surface area contributed by atoms with Crippen molar-refractivity contribution < 1.29 is 8.83 Å². The minimum absolute atomic E-state index is 0.486. The maximum Gasteiger partial charge on any atom is 0.164 e. The summed E-state index contributed by atoms with van der Waals surface area (Å²) in [7, 11) is 0. The van der Waals surface area contributed by atoms with Crippen LogP contribution >= 0.6 is 0 Å². The number of nitriles is 1. The second kappa shape index (κ2) is 16.7. The third-order valence-electron chi connectivity index (χ3n) is 14.5. The van der Waals surface area contributed by atoms with Gasteiger partial charge in [0.15, 0.2) is 17.5 Å². The highest BCUT2D eigenvalue weighted by molar-refractivity contribution is 6.25. The number of fused-ring (bicyclic) bond motifs is 14. The van der Waals surface area contributed by atoms with Crippen molar-refractivity contribution in [3.8, 4) is 45.9 Å². The summed E-state index contributed by atoms with van der Waals surface area (Å²) in [5.41, 5.74) is 12.4. The zero-order valence-corrected chi connectivity index (χ0v) is 39.6. The summed E-state index contributed by atoms with van der Waals surface area (Å²) >= 11 is 0. The highest BCUT2D eigenvalue weighted by Gasteiger charge is 2.32. The van der Waals surface area contributed by atoms with Gasteiger partial charge in [0.2, 0.25) is 0 Å². The molecule has 2 unspecified atom stereocenters. The Hall–Kier alpha value is -9.84. The quantitative estimate of drug-likeness (QED) is 0.134. The molecule has 8 nitrogen and oxygen atoms in total. The van der Waals surface area contributed by atoms with E-state index in [1.165, 1.54) is 0 Å². The van der Waals surface area contributed by atoms with E-state index in [1.807, 2.05) is 104 Å². The van der Waals surface area contributed by atoms with Crippen LogP contribution in [-0.2, 0) is 0 Å².